The fraction of sp³-hybridized carbons (Fsp3) is 0.364. The normalized spacial score (nSPS) is 11.4. The van der Waals surface area contributed by atoms with E-state index in [2.05, 4.69) is 0 Å². The average Bonchev–Trinajstić information content (AvgIpc) is 2.14. The SMILES string of the molecule is CC(O)(O)CCC(=O)c1ccccc1. The number of carbonyl (C=O) groups is 1. The summed E-state index contributed by atoms with van der Waals surface area (Å²) >= 11 is 0. The van der Waals surface area contributed by atoms with Crippen LogP contribution in [0.3, 0.4) is 0 Å². The van der Waals surface area contributed by atoms with Gasteiger partial charge in [-0.25, -0.2) is 0 Å². The third kappa shape index (κ3) is 3.68. The Kier molecular flexibility index (Phi) is 3.38. The lowest BCUT2D eigenvalue weighted by Gasteiger charge is -2.14. The Bertz CT molecular complexity index is 298. The molecule has 0 bridgehead atoms. The summed E-state index contributed by atoms with van der Waals surface area (Å²) < 4.78 is 0. The van der Waals surface area contributed by atoms with E-state index in [4.69, 9.17) is 10.2 Å². The molecule has 0 aliphatic rings. The first-order valence-corrected chi connectivity index (χ1v) is 4.52. The maximum absolute atomic E-state index is 11.5. The van der Waals surface area contributed by atoms with E-state index in [1.54, 1.807) is 24.3 Å². The predicted octanol–water partition coefficient (Wildman–Crippen LogP) is 1.35. The van der Waals surface area contributed by atoms with Gasteiger partial charge in [0.25, 0.3) is 0 Å². The molecule has 0 aliphatic heterocycles. The molecule has 0 atom stereocenters. The Hall–Kier alpha value is -1.19. The number of carbonyl (C=O) groups excluding carboxylic acids is 1. The van der Waals surface area contributed by atoms with Crippen LogP contribution < -0.4 is 0 Å². The van der Waals surface area contributed by atoms with Gasteiger partial charge >= 0.3 is 0 Å². The molecule has 2 N–H and O–H groups in total. The molecule has 0 amide bonds. The van der Waals surface area contributed by atoms with Crippen LogP contribution >= 0.6 is 0 Å². The second-order valence-electron chi connectivity index (χ2n) is 3.51. The number of benzene rings is 1. The molecule has 1 aromatic rings. The van der Waals surface area contributed by atoms with Crippen molar-refractivity contribution in [1.29, 1.82) is 0 Å². The van der Waals surface area contributed by atoms with E-state index in [1.165, 1.54) is 6.92 Å². The van der Waals surface area contributed by atoms with E-state index in [1.807, 2.05) is 6.07 Å². The van der Waals surface area contributed by atoms with Crippen LogP contribution in [0.25, 0.3) is 0 Å². The summed E-state index contributed by atoms with van der Waals surface area (Å²) in [4.78, 5) is 11.5. The second-order valence-corrected chi connectivity index (χ2v) is 3.51. The molecule has 0 saturated carbocycles. The highest BCUT2D eigenvalue weighted by molar-refractivity contribution is 5.95. The Morgan fingerprint density at radius 3 is 2.36 bits per heavy atom. The van der Waals surface area contributed by atoms with Gasteiger partial charge in [0.05, 0.1) is 0 Å². The Morgan fingerprint density at radius 2 is 1.86 bits per heavy atom. The van der Waals surface area contributed by atoms with Crippen LogP contribution in [0.2, 0.25) is 0 Å². The lowest BCUT2D eigenvalue weighted by atomic mass is 10.0. The first-order chi connectivity index (χ1) is 6.49. The maximum atomic E-state index is 11.5. The quantitative estimate of drug-likeness (QED) is 0.562. The molecule has 76 valence electrons. The monoisotopic (exact) mass is 194 g/mol. The highest BCUT2D eigenvalue weighted by atomic mass is 16.5. The van der Waals surface area contributed by atoms with E-state index in [9.17, 15) is 4.79 Å². The van der Waals surface area contributed by atoms with E-state index < -0.39 is 5.79 Å². The molecule has 0 radical (unpaired) electrons. The summed E-state index contributed by atoms with van der Waals surface area (Å²) in [7, 11) is 0. The summed E-state index contributed by atoms with van der Waals surface area (Å²) in [5, 5.41) is 18.0. The molecule has 3 heteroatoms. The molecule has 0 unspecified atom stereocenters. The van der Waals surface area contributed by atoms with Gasteiger partial charge in [-0.05, 0) is 6.92 Å². The number of hydrogen-bond acceptors (Lipinski definition) is 3. The Balaban J connectivity index is 2.52. The second kappa shape index (κ2) is 4.35. The number of aliphatic hydroxyl groups is 2. The van der Waals surface area contributed by atoms with Crippen molar-refractivity contribution in [3.05, 3.63) is 35.9 Å². The smallest absolute Gasteiger partial charge is 0.163 e. The van der Waals surface area contributed by atoms with Crippen molar-refractivity contribution in [2.45, 2.75) is 25.6 Å². The van der Waals surface area contributed by atoms with Gasteiger partial charge in [0.2, 0.25) is 0 Å². The highest BCUT2D eigenvalue weighted by Gasteiger charge is 2.17. The van der Waals surface area contributed by atoms with Crippen molar-refractivity contribution in [3.63, 3.8) is 0 Å². The van der Waals surface area contributed by atoms with Crippen LogP contribution in [0.1, 0.15) is 30.1 Å². The first kappa shape index (κ1) is 10.9. The van der Waals surface area contributed by atoms with E-state index in [0.29, 0.717) is 5.56 Å². The summed E-state index contributed by atoms with van der Waals surface area (Å²) in [5.41, 5.74) is 0.608. The van der Waals surface area contributed by atoms with Crippen molar-refractivity contribution >= 4 is 5.78 Å². The van der Waals surface area contributed by atoms with Crippen molar-refractivity contribution in [3.8, 4) is 0 Å². The minimum Gasteiger partial charge on any atom is -0.366 e. The lowest BCUT2D eigenvalue weighted by Crippen LogP contribution is -2.23. The molecule has 3 nitrogen and oxygen atoms in total. The average molecular weight is 194 g/mol. The third-order valence-corrected chi connectivity index (χ3v) is 1.92. The van der Waals surface area contributed by atoms with E-state index >= 15 is 0 Å². The molecule has 1 rings (SSSR count). The molecule has 0 fully saturated rings. The molecular formula is C11H14O3. The van der Waals surface area contributed by atoms with Gasteiger partial charge in [0, 0.05) is 18.4 Å². The lowest BCUT2D eigenvalue weighted by molar-refractivity contribution is -0.148. The van der Waals surface area contributed by atoms with Gasteiger partial charge in [-0.3, -0.25) is 4.79 Å². The minimum absolute atomic E-state index is 0.0563. The zero-order valence-corrected chi connectivity index (χ0v) is 8.10. The number of hydrogen-bond donors (Lipinski definition) is 2. The van der Waals surface area contributed by atoms with Crippen LogP contribution in [0.15, 0.2) is 30.3 Å². The standard InChI is InChI=1S/C11H14O3/c1-11(13,14)8-7-10(12)9-5-3-2-4-6-9/h2-6,13-14H,7-8H2,1H3. The van der Waals surface area contributed by atoms with Gasteiger partial charge in [0.15, 0.2) is 11.6 Å². The van der Waals surface area contributed by atoms with Crippen LogP contribution in [0.5, 0.6) is 0 Å². The van der Waals surface area contributed by atoms with Crippen LogP contribution in [-0.4, -0.2) is 21.8 Å². The van der Waals surface area contributed by atoms with Crippen LogP contribution in [0.4, 0.5) is 0 Å². The van der Waals surface area contributed by atoms with Gasteiger partial charge in [-0.15, -0.1) is 0 Å². The van der Waals surface area contributed by atoms with E-state index in [0.717, 1.165) is 0 Å². The molecule has 0 saturated heterocycles. The first-order valence-electron chi connectivity index (χ1n) is 4.52. The highest BCUT2D eigenvalue weighted by Crippen LogP contribution is 2.11. The van der Waals surface area contributed by atoms with Crippen molar-refractivity contribution < 1.29 is 15.0 Å². The van der Waals surface area contributed by atoms with Crippen molar-refractivity contribution in [1.82, 2.24) is 0 Å². The third-order valence-electron chi connectivity index (χ3n) is 1.92. The molecule has 0 aromatic heterocycles. The number of Topliss-reactive ketones (excluding diaryl/α,β-unsaturated/α-hetero) is 1. The number of rotatable bonds is 4. The predicted molar refractivity (Wildman–Crippen MR) is 52.8 cm³/mol. The number of ketones is 1. The topological polar surface area (TPSA) is 57.5 Å². The minimum atomic E-state index is -1.76. The molecule has 0 aliphatic carbocycles. The summed E-state index contributed by atoms with van der Waals surface area (Å²) in [6.45, 7) is 1.27. The van der Waals surface area contributed by atoms with Gasteiger partial charge in [-0.1, -0.05) is 30.3 Å². The molecular weight excluding hydrogens is 180 g/mol. The summed E-state index contributed by atoms with van der Waals surface area (Å²) in [6.07, 6.45) is 0.203. The molecule has 14 heavy (non-hydrogen) atoms. The van der Waals surface area contributed by atoms with Crippen molar-refractivity contribution in [2.24, 2.45) is 0 Å². The van der Waals surface area contributed by atoms with Gasteiger partial charge in [-0.2, -0.15) is 0 Å². The zero-order chi connectivity index (χ0) is 10.6. The summed E-state index contributed by atoms with van der Waals surface area (Å²) in [6, 6.07) is 8.83. The van der Waals surface area contributed by atoms with Gasteiger partial charge in [0.1, 0.15) is 0 Å². The Morgan fingerprint density at radius 1 is 1.29 bits per heavy atom. The molecule has 0 spiro atoms. The Labute approximate surface area is 83.0 Å². The molecule has 1 aromatic carbocycles. The van der Waals surface area contributed by atoms with Crippen molar-refractivity contribution in [2.75, 3.05) is 0 Å². The zero-order valence-electron chi connectivity index (χ0n) is 8.10. The van der Waals surface area contributed by atoms with Crippen LogP contribution in [0, 0.1) is 0 Å². The largest absolute Gasteiger partial charge is 0.366 e. The van der Waals surface area contributed by atoms with E-state index in [-0.39, 0.29) is 18.6 Å². The summed E-state index contributed by atoms with van der Waals surface area (Å²) in [5.74, 6) is -1.83. The maximum Gasteiger partial charge on any atom is 0.163 e. The van der Waals surface area contributed by atoms with Crippen LogP contribution in [-0.2, 0) is 0 Å². The van der Waals surface area contributed by atoms with Gasteiger partial charge < -0.3 is 10.2 Å². The fourth-order valence-electron chi connectivity index (χ4n) is 1.12. The fourth-order valence-corrected chi connectivity index (χ4v) is 1.12. The molecule has 0 heterocycles.